The number of nitrogens with zero attached hydrogens (tertiary/aromatic N) is 4. The van der Waals surface area contributed by atoms with Gasteiger partial charge in [0.2, 0.25) is 0 Å². The van der Waals surface area contributed by atoms with E-state index in [-0.39, 0.29) is 11.5 Å². The highest BCUT2D eigenvalue weighted by Gasteiger charge is 2.19. The zero-order chi connectivity index (χ0) is 22.9. The number of hydrogen-bond donors (Lipinski definition) is 2. The topological polar surface area (TPSA) is 94.2 Å². The average Bonchev–Trinajstić information content (AvgIpc) is 2.84. The van der Waals surface area contributed by atoms with E-state index in [1.54, 1.807) is 25.4 Å². The molecule has 0 unspecified atom stereocenters. The van der Waals surface area contributed by atoms with Crippen molar-refractivity contribution < 1.29 is 9.18 Å². The van der Waals surface area contributed by atoms with E-state index in [0.717, 1.165) is 37.4 Å². The summed E-state index contributed by atoms with van der Waals surface area (Å²) >= 11 is 0. The number of nitrogens with one attached hydrogen (secondary N) is 2. The lowest BCUT2D eigenvalue weighted by Gasteiger charge is -2.36. The van der Waals surface area contributed by atoms with E-state index in [4.69, 9.17) is 0 Å². The Morgan fingerprint density at radius 1 is 1.06 bits per heavy atom. The summed E-state index contributed by atoms with van der Waals surface area (Å²) in [6.45, 7) is 4.13. The van der Waals surface area contributed by atoms with E-state index in [9.17, 15) is 14.0 Å². The molecular weight excluding hydrogens is 423 g/mol. The second-order valence-electron chi connectivity index (χ2n) is 8.13. The van der Waals surface area contributed by atoms with Crippen LogP contribution in [0.15, 0.2) is 53.6 Å². The summed E-state index contributed by atoms with van der Waals surface area (Å²) in [5.74, 6) is -0.641. The Morgan fingerprint density at radius 2 is 1.88 bits per heavy atom. The van der Waals surface area contributed by atoms with Crippen LogP contribution in [0.2, 0.25) is 0 Å². The summed E-state index contributed by atoms with van der Waals surface area (Å²) in [6.07, 6.45) is 3.55. The minimum absolute atomic E-state index is 0.197. The summed E-state index contributed by atoms with van der Waals surface area (Å²) in [7, 11) is 1.59. The van der Waals surface area contributed by atoms with Crippen LogP contribution in [0.5, 0.6) is 0 Å². The first-order chi connectivity index (χ1) is 16.0. The van der Waals surface area contributed by atoms with Crippen molar-refractivity contribution in [1.29, 1.82) is 0 Å². The number of H-pyrrole nitrogens is 1. The fraction of sp³-hybridized carbons (Fsp3) is 0.250. The standard InChI is InChI=1S/C24H23FN6O2/c1-26-24(33)20-5-3-17(13-27-20)31-8-6-30(7-9-31)14-15-10-21-22(28-12-15)18-4-2-16(25)11-19(18)23(32)29-21/h2-5,10-13H,6-9,14H2,1H3,(H,26,33)(H,29,32). The molecule has 1 aromatic carbocycles. The van der Waals surface area contributed by atoms with Gasteiger partial charge in [0.05, 0.1) is 28.3 Å². The van der Waals surface area contributed by atoms with Crippen molar-refractivity contribution >= 4 is 33.4 Å². The van der Waals surface area contributed by atoms with E-state index in [2.05, 4.69) is 30.1 Å². The molecule has 0 saturated carbocycles. The first-order valence-electron chi connectivity index (χ1n) is 10.8. The average molecular weight is 446 g/mol. The van der Waals surface area contributed by atoms with Gasteiger partial charge in [0, 0.05) is 51.4 Å². The Bertz CT molecular complexity index is 1390. The van der Waals surface area contributed by atoms with Crippen molar-refractivity contribution in [1.82, 2.24) is 25.2 Å². The number of fused-ring (bicyclic) bond motifs is 3. The molecule has 1 aliphatic heterocycles. The lowest BCUT2D eigenvalue weighted by molar-refractivity contribution is 0.0958. The highest BCUT2D eigenvalue weighted by atomic mass is 19.1. The van der Waals surface area contributed by atoms with Gasteiger partial charge < -0.3 is 15.2 Å². The van der Waals surface area contributed by atoms with Gasteiger partial charge in [-0.25, -0.2) is 9.37 Å². The van der Waals surface area contributed by atoms with E-state index >= 15 is 0 Å². The second kappa shape index (κ2) is 8.59. The largest absolute Gasteiger partial charge is 0.368 e. The molecule has 168 valence electrons. The first kappa shape index (κ1) is 21.0. The molecule has 1 amide bonds. The molecule has 0 spiro atoms. The van der Waals surface area contributed by atoms with Gasteiger partial charge in [-0.05, 0) is 42.0 Å². The molecule has 8 nitrogen and oxygen atoms in total. The van der Waals surface area contributed by atoms with Crippen molar-refractivity contribution in [2.75, 3.05) is 38.1 Å². The lowest BCUT2D eigenvalue weighted by Crippen LogP contribution is -2.46. The molecule has 9 heteroatoms. The molecule has 0 radical (unpaired) electrons. The van der Waals surface area contributed by atoms with Gasteiger partial charge in [-0.3, -0.25) is 19.5 Å². The predicted octanol–water partition coefficient (Wildman–Crippen LogP) is 2.29. The Labute approximate surface area is 189 Å². The van der Waals surface area contributed by atoms with Crippen LogP contribution in [0.3, 0.4) is 0 Å². The first-order valence-corrected chi connectivity index (χ1v) is 10.8. The van der Waals surface area contributed by atoms with Gasteiger partial charge in [0.15, 0.2) is 0 Å². The summed E-state index contributed by atoms with van der Waals surface area (Å²) in [6, 6.07) is 9.79. The zero-order valence-corrected chi connectivity index (χ0v) is 18.1. The number of hydrogen-bond acceptors (Lipinski definition) is 6. The Hall–Kier alpha value is -3.85. The van der Waals surface area contributed by atoms with Crippen molar-refractivity contribution in [3.63, 3.8) is 0 Å². The molecule has 1 saturated heterocycles. The van der Waals surface area contributed by atoms with E-state index in [1.165, 1.54) is 12.1 Å². The normalized spacial score (nSPS) is 14.7. The van der Waals surface area contributed by atoms with E-state index < -0.39 is 5.82 Å². The number of aromatic amines is 1. The third-order valence-electron chi connectivity index (χ3n) is 6.03. The SMILES string of the molecule is CNC(=O)c1ccc(N2CCN(Cc3cnc4c(c3)[nH]c(=O)c3cc(F)ccc34)CC2)cn1. The summed E-state index contributed by atoms with van der Waals surface area (Å²) < 4.78 is 13.5. The minimum Gasteiger partial charge on any atom is -0.368 e. The van der Waals surface area contributed by atoms with Crippen LogP contribution in [0.1, 0.15) is 16.1 Å². The molecule has 33 heavy (non-hydrogen) atoms. The fourth-order valence-corrected chi connectivity index (χ4v) is 4.26. The van der Waals surface area contributed by atoms with Gasteiger partial charge in [-0.1, -0.05) is 0 Å². The van der Waals surface area contributed by atoms with E-state index in [1.807, 2.05) is 18.3 Å². The maximum absolute atomic E-state index is 13.5. The van der Waals surface area contributed by atoms with E-state index in [0.29, 0.717) is 34.0 Å². The monoisotopic (exact) mass is 446 g/mol. The van der Waals surface area contributed by atoms with Crippen LogP contribution >= 0.6 is 0 Å². The number of carbonyl (C=O) groups excluding carboxylic acids is 1. The molecule has 0 bridgehead atoms. The molecule has 1 aliphatic rings. The molecule has 4 heterocycles. The summed E-state index contributed by atoms with van der Waals surface area (Å²) in [5, 5.41) is 3.52. The van der Waals surface area contributed by atoms with Gasteiger partial charge in [-0.2, -0.15) is 0 Å². The number of pyridine rings is 3. The number of anilines is 1. The number of benzene rings is 1. The number of rotatable bonds is 4. The lowest BCUT2D eigenvalue weighted by atomic mass is 10.1. The maximum atomic E-state index is 13.5. The number of amides is 1. The maximum Gasteiger partial charge on any atom is 0.269 e. The molecule has 0 aliphatic carbocycles. The van der Waals surface area contributed by atoms with Crippen molar-refractivity contribution in [3.8, 4) is 0 Å². The molecule has 3 aromatic heterocycles. The smallest absolute Gasteiger partial charge is 0.269 e. The third kappa shape index (κ3) is 4.14. The quantitative estimate of drug-likeness (QED) is 0.467. The highest BCUT2D eigenvalue weighted by Crippen LogP contribution is 2.22. The van der Waals surface area contributed by atoms with Gasteiger partial charge in [-0.15, -0.1) is 0 Å². The van der Waals surface area contributed by atoms with Crippen LogP contribution in [-0.4, -0.2) is 59.0 Å². The van der Waals surface area contributed by atoms with Gasteiger partial charge in [0.1, 0.15) is 11.5 Å². The van der Waals surface area contributed by atoms with Crippen molar-refractivity contribution in [2.45, 2.75) is 6.54 Å². The van der Waals surface area contributed by atoms with Crippen LogP contribution < -0.4 is 15.8 Å². The number of aromatic nitrogens is 3. The molecule has 2 N–H and O–H groups in total. The van der Waals surface area contributed by atoms with Crippen LogP contribution in [0.25, 0.3) is 21.8 Å². The van der Waals surface area contributed by atoms with Crippen LogP contribution in [0.4, 0.5) is 10.1 Å². The van der Waals surface area contributed by atoms with Gasteiger partial charge >= 0.3 is 0 Å². The Morgan fingerprint density at radius 3 is 2.61 bits per heavy atom. The summed E-state index contributed by atoms with van der Waals surface area (Å²) in [4.78, 5) is 40.3. The minimum atomic E-state index is -0.443. The Balaban J connectivity index is 1.28. The van der Waals surface area contributed by atoms with Crippen LogP contribution in [0, 0.1) is 5.82 Å². The van der Waals surface area contributed by atoms with Crippen molar-refractivity contribution in [2.24, 2.45) is 0 Å². The molecule has 4 aromatic rings. The fourth-order valence-electron chi connectivity index (χ4n) is 4.26. The number of halogens is 1. The third-order valence-corrected chi connectivity index (χ3v) is 6.03. The molecule has 0 atom stereocenters. The molecular formula is C24H23FN6O2. The highest BCUT2D eigenvalue weighted by molar-refractivity contribution is 6.02. The zero-order valence-electron chi connectivity index (χ0n) is 18.1. The molecule has 1 fully saturated rings. The Kier molecular flexibility index (Phi) is 5.47. The summed E-state index contributed by atoms with van der Waals surface area (Å²) in [5.41, 5.74) is 3.39. The van der Waals surface area contributed by atoms with Gasteiger partial charge in [0.25, 0.3) is 11.5 Å². The molecule has 5 rings (SSSR count). The number of piperazine rings is 1. The second-order valence-corrected chi connectivity index (χ2v) is 8.13. The number of carbonyl (C=O) groups is 1. The van der Waals surface area contributed by atoms with Crippen LogP contribution in [-0.2, 0) is 6.54 Å². The predicted molar refractivity (Wildman–Crippen MR) is 125 cm³/mol. The van der Waals surface area contributed by atoms with Crippen molar-refractivity contribution in [3.05, 3.63) is 76.2 Å².